The summed E-state index contributed by atoms with van der Waals surface area (Å²) in [6.07, 6.45) is -1.82. The van der Waals surface area contributed by atoms with Crippen molar-refractivity contribution in [3.63, 3.8) is 0 Å². The van der Waals surface area contributed by atoms with Crippen LogP contribution in [-0.2, 0) is 9.53 Å². The molecule has 1 aromatic carbocycles. The van der Waals surface area contributed by atoms with Crippen LogP contribution in [0.1, 0.15) is 22.7 Å². The molecular weight excluding hydrogens is 226 g/mol. The Morgan fingerprint density at radius 1 is 1.53 bits per heavy atom. The van der Waals surface area contributed by atoms with Crippen molar-refractivity contribution in [2.24, 2.45) is 5.73 Å². The highest BCUT2D eigenvalue weighted by Crippen LogP contribution is 2.28. The Labute approximate surface area is 102 Å². The van der Waals surface area contributed by atoms with Gasteiger partial charge in [0.15, 0.2) is 11.5 Å². The number of aromatic hydroxyl groups is 2. The summed E-state index contributed by atoms with van der Waals surface area (Å²) >= 11 is 0. The van der Waals surface area contributed by atoms with Gasteiger partial charge < -0.3 is 25.8 Å². The van der Waals surface area contributed by atoms with Gasteiger partial charge in [-0.2, -0.15) is 0 Å². The molecule has 0 aliphatic carbocycles. The van der Waals surface area contributed by atoms with Crippen LogP contribution in [0.5, 0.6) is 11.5 Å². The van der Waals surface area contributed by atoms with Gasteiger partial charge in [-0.15, -0.1) is 0 Å². The van der Waals surface area contributed by atoms with Gasteiger partial charge in [0.25, 0.3) is 0 Å². The third kappa shape index (κ3) is 3.08. The largest absolute Gasteiger partial charge is 0.504 e. The molecule has 1 aromatic rings. The van der Waals surface area contributed by atoms with E-state index in [0.29, 0.717) is 0 Å². The van der Waals surface area contributed by atoms with Gasteiger partial charge in [-0.05, 0) is 24.6 Å². The number of rotatable bonds is 4. The minimum absolute atomic E-state index is 0.0330. The summed E-state index contributed by atoms with van der Waals surface area (Å²) in [6.45, 7) is 1.57. The van der Waals surface area contributed by atoms with E-state index in [2.05, 4.69) is 4.74 Å². The first-order valence-corrected chi connectivity index (χ1v) is 4.85. The standard InChI is InChI=1S/C11H15NO5/c1-2-17-11(16)9(12)10(15)6-3-4-7(13)8(14)5-6/h3-5,9-10,13-15H,2,12H2,1H3/t9-,10+/m1/s1/i3D,4D,5D. The number of ether oxygens (including phenoxy) is 1. The molecule has 17 heavy (non-hydrogen) atoms. The van der Waals surface area contributed by atoms with Crippen LogP contribution < -0.4 is 5.73 Å². The smallest absolute Gasteiger partial charge is 0.325 e. The quantitative estimate of drug-likeness (QED) is 0.438. The van der Waals surface area contributed by atoms with Crippen LogP contribution in [-0.4, -0.2) is 33.9 Å². The summed E-state index contributed by atoms with van der Waals surface area (Å²) in [7, 11) is 0. The van der Waals surface area contributed by atoms with E-state index in [9.17, 15) is 20.1 Å². The number of carbonyl (C=O) groups excluding carboxylic acids is 1. The second-order valence-corrected chi connectivity index (χ2v) is 3.21. The van der Waals surface area contributed by atoms with Gasteiger partial charge in [-0.3, -0.25) is 4.79 Å². The maximum Gasteiger partial charge on any atom is 0.325 e. The molecule has 0 heterocycles. The van der Waals surface area contributed by atoms with Gasteiger partial charge in [-0.1, -0.05) is 6.04 Å². The number of phenolic OH excluding ortho intramolecular Hbond substituents is 2. The molecule has 0 unspecified atom stereocenters. The molecule has 0 saturated carbocycles. The van der Waals surface area contributed by atoms with Crippen LogP contribution in [0, 0.1) is 0 Å². The normalized spacial score (nSPS) is 16.5. The van der Waals surface area contributed by atoms with Crippen molar-refractivity contribution in [3.05, 3.63) is 23.7 Å². The van der Waals surface area contributed by atoms with Crippen LogP contribution in [0.25, 0.3) is 0 Å². The Balaban J connectivity index is 3.30. The average Bonchev–Trinajstić information content (AvgIpc) is 2.42. The molecule has 2 atom stereocenters. The Bertz CT molecular complexity index is 508. The average molecular weight is 244 g/mol. The number of carbonyl (C=O) groups is 1. The van der Waals surface area contributed by atoms with Crippen molar-refractivity contribution in [1.82, 2.24) is 0 Å². The lowest BCUT2D eigenvalue weighted by molar-refractivity contribution is -0.147. The maximum absolute atomic E-state index is 11.4. The minimum Gasteiger partial charge on any atom is -0.504 e. The molecule has 0 bridgehead atoms. The molecular formula is C11H15NO5. The van der Waals surface area contributed by atoms with E-state index in [1.807, 2.05) is 0 Å². The number of aliphatic hydroxyl groups excluding tert-OH is 1. The number of esters is 1. The summed E-state index contributed by atoms with van der Waals surface area (Å²) in [6, 6.07) is -3.82. The van der Waals surface area contributed by atoms with Crippen LogP contribution >= 0.6 is 0 Å². The molecule has 94 valence electrons. The number of aliphatic hydroxyl groups is 1. The van der Waals surface area contributed by atoms with E-state index < -0.39 is 53.3 Å². The van der Waals surface area contributed by atoms with Crippen molar-refractivity contribution in [2.45, 2.75) is 19.1 Å². The van der Waals surface area contributed by atoms with Crippen LogP contribution in [0.3, 0.4) is 0 Å². The van der Waals surface area contributed by atoms with Gasteiger partial charge in [0, 0.05) is 0 Å². The van der Waals surface area contributed by atoms with Gasteiger partial charge in [0.05, 0.1) is 10.7 Å². The number of benzene rings is 1. The third-order valence-electron chi connectivity index (χ3n) is 1.99. The highest BCUT2D eigenvalue weighted by atomic mass is 16.5. The fourth-order valence-corrected chi connectivity index (χ4v) is 1.10. The minimum atomic E-state index is -1.82. The zero-order chi connectivity index (χ0) is 15.6. The van der Waals surface area contributed by atoms with Gasteiger partial charge in [0.1, 0.15) is 12.1 Å². The lowest BCUT2D eigenvalue weighted by Crippen LogP contribution is -2.38. The SMILES string of the molecule is [2H]c1c([2H])c([C@H](O)[C@@H](N)C(=O)OCC)c([2H])c(O)c1O. The predicted molar refractivity (Wildman–Crippen MR) is 59.3 cm³/mol. The van der Waals surface area contributed by atoms with Crippen LogP contribution in [0.4, 0.5) is 0 Å². The summed E-state index contributed by atoms with van der Waals surface area (Å²) in [5.41, 5.74) is 4.94. The Morgan fingerprint density at radius 2 is 2.18 bits per heavy atom. The maximum atomic E-state index is 11.4. The van der Waals surface area contributed by atoms with Crippen molar-refractivity contribution < 1.29 is 29.0 Å². The lowest BCUT2D eigenvalue weighted by atomic mass is 10.0. The van der Waals surface area contributed by atoms with Crippen molar-refractivity contribution in [2.75, 3.05) is 6.61 Å². The molecule has 6 nitrogen and oxygen atoms in total. The second kappa shape index (κ2) is 5.51. The second-order valence-electron chi connectivity index (χ2n) is 3.21. The number of hydrogen-bond donors (Lipinski definition) is 4. The van der Waals surface area contributed by atoms with Crippen molar-refractivity contribution in [3.8, 4) is 11.5 Å². The highest BCUT2D eigenvalue weighted by molar-refractivity contribution is 5.76. The number of phenols is 2. The fourth-order valence-electron chi connectivity index (χ4n) is 1.10. The summed E-state index contributed by atoms with van der Waals surface area (Å²) in [5, 5.41) is 28.7. The van der Waals surface area contributed by atoms with Crippen molar-refractivity contribution >= 4 is 5.97 Å². The number of hydrogen-bond acceptors (Lipinski definition) is 6. The summed E-state index contributed by atoms with van der Waals surface area (Å²) < 4.78 is 27.2. The molecule has 0 spiro atoms. The molecule has 0 radical (unpaired) electrons. The summed E-state index contributed by atoms with van der Waals surface area (Å²) in [5.74, 6) is -2.85. The molecule has 6 heteroatoms. The zero-order valence-electron chi connectivity index (χ0n) is 12.1. The van der Waals surface area contributed by atoms with Crippen molar-refractivity contribution in [1.29, 1.82) is 0 Å². The molecule has 0 fully saturated rings. The molecule has 0 aliphatic rings. The van der Waals surface area contributed by atoms with E-state index in [1.54, 1.807) is 0 Å². The first-order chi connectivity index (χ1) is 9.23. The van der Waals surface area contributed by atoms with Crippen LogP contribution in [0.2, 0.25) is 0 Å². The van der Waals surface area contributed by atoms with Gasteiger partial charge in [-0.25, -0.2) is 0 Å². The molecule has 0 aromatic heterocycles. The predicted octanol–water partition coefficient (Wildman–Crippen LogP) is 0.0216. The Kier molecular flexibility index (Phi) is 3.00. The molecule has 0 saturated heterocycles. The Hall–Kier alpha value is -1.79. The molecule has 0 aliphatic heterocycles. The summed E-state index contributed by atoms with van der Waals surface area (Å²) in [4.78, 5) is 11.4. The molecule has 0 amide bonds. The highest BCUT2D eigenvalue weighted by Gasteiger charge is 2.25. The lowest BCUT2D eigenvalue weighted by Gasteiger charge is -2.17. The third-order valence-corrected chi connectivity index (χ3v) is 1.99. The van der Waals surface area contributed by atoms with Gasteiger partial charge in [0.2, 0.25) is 0 Å². The molecule has 1 rings (SSSR count). The van der Waals surface area contributed by atoms with Crippen LogP contribution in [0.15, 0.2) is 18.1 Å². The van der Waals surface area contributed by atoms with E-state index >= 15 is 0 Å². The zero-order valence-corrected chi connectivity index (χ0v) is 9.10. The van der Waals surface area contributed by atoms with E-state index in [-0.39, 0.29) is 6.61 Å². The first-order valence-electron chi connectivity index (χ1n) is 6.35. The topological polar surface area (TPSA) is 113 Å². The Morgan fingerprint density at radius 3 is 2.76 bits per heavy atom. The first kappa shape index (κ1) is 9.26. The van der Waals surface area contributed by atoms with E-state index in [1.165, 1.54) is 6.92 Å². The van der Waals surface area contributed by atoms with E-state index in [0.717, 1.165) is 0 Å². The fraction of sp³-hybridized carbons (Fsp3) is 0.364. The van der Waals surface area contributed by atoms with Gasteiger partial charge >= 0.3 is 5.97 Å². The number of nitrogens with two attached hydrogens (primary N) is 1. The molecule has 5 N–H and O–H groups in total. The van der Waals surface area contributed by atoms with E-state index in [4.69, 9.17) is 9.85 Å². The monoisotopic (exact) mass is 244 g/mol.